The van der Waals surface area contributed by atoms with Gasteiger partial charge in [-0.1, -0.05) is 18.9 Å². The Balaban J connectivity index is 1.43. The highest BCUT2D eigenvalue weighted by atomic mass is 32.1. The zero-order chi connectivity index (χ0) is 23.6. The fourth-order valence-electron chi connectivity index (χ4n) is 4.95. The maximum atomic E-state index is 8.10. The molecule has 1 aliphatic heterocycles. The first-order valence-corrected chi connectivity index (χ1v) is 11.0. The highest BCUT2D eigenvalue weighted by molar-refractivity contribution is 7.10. The Morgan fingerprint density at radius 2 is 2.25 bits per heavy atom. The normalized spacial score (nSPS) is 27.6. The van der Waals surface area contributed by atoms with E-state index in [1.165, 1.54) is 24.2 Å². The molecule has 2 aliphatic rings. The van der Waals surface area contributed by atoms with Crippen molar-refractivity contribution in [3.8, 4) is 0 Å². The lowest BCUT2D eigenvalue weighted by Crippen LogP contribution is -2.47. The molecule has 0 aromatic carbocycles. The molecule has 0 radical (unpaired) electrons. The molecule has 4 rings (SSSR count). The van der Waals surface area contributed by atoms with Gasteiger partial charge in [0.05, 0.1) is 19.0 Å². The summed E-state index contributed by atoms with van der Waals surface area (Å²) in [7, 11) is -2.80. The summed E-state index contributed by atoms with van der Waals surface area (Å²) in [5, 5.41) is 5.23. The number of thiophene rings is 1. The molecular weight excluding hydrogens is 368 g/mol. The summed E-state index contributed by atoms with van der Waals surface area (Å²) in [6.07, 6.45) is 9.37. The van der Waals surface area contributed by atoms with Crippen molar-refractivity contribution in [1.29, 1.82) is 0 Å². The van der Waals surface area contributed by atoms with Gasteiger partial charge in [0.15, 0.2) is 0 Å². The van der Waals surface area contributed by atoms with Gasteiger partial charge in [-0.05, 0) is 67.8 Å². The Kier molecular flexibility index (Phi) is 4.73. The molecule has 28 heavy (non-hydrogen) atoms. The second-order valence-electron chi connectivity index (χ2n) is 8.05. The molecule has 1 N–H and O–H groups in total. The summed E-state index contributed by atoms with van der Waals surface area (Å²) in [6, 6.07) is 7.74. The van der Waals surface area contributed by atoms with Gasteiger partial charge in [0.2, 0.25) is 0 Å². The minimum atomic E-state index is -2.80. The van der Waals surface area contributed by atoms with Gasteiger partial charge < -0.3 is 14.8 Å². The van der Waals surface area contributed by atoms with Crippen LogP contribution in [-0.2, 0) is 28.0 Å². The number of hydrogen-bond donors (Lipinski definition) is 1. The van der Waals surface area contributed by atoms with Crippen molar-refractivity contribution in [2.24, 2.45) is 0 Å². The Bertz CT molecular complexity index is 915. The fourth-order valence-corrected chi connectivity index (χ4v) is 5.74. The van der Waals surface area contributed by atoms with Crippen molar-refractivity contribution >= 4 is 11.3 Å². The molecular formula is C23H32N2O2S. The Morgan fingerprint density at radius 1 is 1.32 bits per heavy atom. The molecule has 5 heteroatoms. The van der Waals surface area contributed by atoms with Gasteiger partial charge in [0.1, 0.15) is 0 Å². The van der Waals surface area contributed by atoms with Gasteiger partial charge in [-0.3, -0.25) is 4.98 Å². The van der Waals surface area contributed by atoms with Crippen molar-refractivity contribution in [1.82, 2.24) is 10.3 Å². The topological polar surface area (TPSA) is 43.4 Å². The van der Waals surface area contributed by atoms with E-state index >= 15 is 0 Å². The summed E-state index contributed by atoms with van der Waals surface area (Å²) in [4.78, 5) is 5.48. The molecule has 1 aliphatic carbocycles. The van der Waals surface area contributed by atoms with Crippen molar-refractivity contribution in [3.63, 3.8) is 0 Å². The molecule has 0 bridgehead atoms. The highest BCUT2D eigenvalue weighted by Crippen LogP contribution is 2.49. The van der Waals surface area contributed by atoms with Crippen LogP contribution in [-0.4, -0.2) is 30.8 Å². The first-order valence-electron chi connectivity index (χ1n) is 12.7. The van der Waals surface area contributed by atoms with E-state index < -0.39 is 13.6 Å². The molecule has 0 unspecified atom stereocenters. The lowest BCUT2D eigenvalue weighted by molar-refractivity contribution is -0.104. The summed E-state index contributed by atoms with van der Waals surface area (Å²) >= 11 is 1.40. The van der Waals surface area contributed by atoms with Crippen LogP contribution < -0.4 is 5.32 Å². The molecule has 152 valence electrons. The maximum Gasteiger partial charge on any atom is 0.0724 e. The van der Waals surface area contributed by atoms with E-state index in [0.29, 0.717) is 6.54 Å². The van der Waals surface area contributed by atoms with Gasteiger partial charge in [0, 0.05) is 42.4 Å². The zero-order valence-corrected chi connectivity index (χ0v) is 17.0. The van der Waals surface area contributed by atoms with Gasteiger partial charge in [-0.2, -0.15) is 0 Å². The van der Waals surface area contributed by atoms with E-state index in [1.54, 1.807) is 11.4 Å². The number of methoxy groups -OCH3 is 1. The van der Waals surface area contributed by atoms with Crippen LogP contribution >= 0.6 is 11.3 Å². The molecule has 1 atom stereocenters. The lowest BCUT2D eigenvalue weighted by atomic mass is 9.68. The van der Waals surface area contributed by atoms with Gasteiger partial charge in [0.25, 0.3) is 0 Å². The van der Waals surface area contributed by atoms with E-state index in [9.17, 15) is 0 Å². The minimum absolute atomic E-state index is 0.0284. The van der Waals surface area contributed by atoms with Crippen molar-refractivity contribution in [2.75, 3.05) is 20.2 Å². The van der Waals surface area contributed by atoms with Crippen LogP contribution in [0, 0.1) is 0 Å². The van der Waals surface area contributed by atoms with Crippen LogP contribution in [0.15, 0.2) is 35.8 Å². The summed E-state index contributed by atoms with van der Waals surface area (Å²) < 4.78 is 49.0. The molecule has 1 saturated carbocycles. The lowest BCUT2D eigenvalue weighted by Gasteiger charge is -2.46. The molecule has 2 aromatic rings. The number of hydrogen-bond acceptors (Lipinski definition) is 5. The van der Waals surface area contributed by atoms with Crippen LogP contribution in [0.25, 0.3) is 0 Å². The smallest absolute Gasteiger partial charge is 0.0724 e. The predicted octanol–water partition coefficient (Wildman–Crippen LogP) is 4.83. The van der Waals surface area contributed by atoms with Crippen LogP contribution in [0.3, 0.4) is 0 Å². The molecule has 0 amide bonds. The number of pyridine rings is 1. The number of aromatic nitrogens is 1. The second-order valence-corrected chi connectivity index (χ2v) is 9.05. The zero-order valence-electron chi connectivity index (χ0n) is 21.2. The van der Waals surface area contributed by atoms with Crippen LogP contribution in [0.1, 0.15) is 67.9 Å². The minimum Gasteiger partial charge on any atom is -0.380 e. The summed E-state index contributed by atoms with van der Waals surface area (Å²) in [5.41, 5.74) is 1.32. The highest BCUT2D eigenvalue weighted by Gasteiger charge is 2.48. The van der Waals surface area contributed by atoms with Gasteiger partial charge >= 0.3 is 0 Å². The number of ether oxygens (including phenoxy) is 2. The van der Waals surface area contributed by atoms with Crippen molar-refractivity contribution in [3.05, 3.63) is 52.0 Å². The second kappa shape index (κ2) is 9.04. The maximum absolute atomic E-state index is 8.10. The molecule has 2 fully saturated rings. The van der Waals surface area contributed by atoms with Gasteiger partial charge in [-0.15, -0.1) is 11.3 Å². The van der Waals surface area contributed by atoms with E-state index in [-0.39, 0.29) is 16.6 Å². The van der Waals surface area contributed by atoms with E-state index in [4.69, 9.17) is 21.3 Å². The third-order valence-electron chi connectivity index (χ3n) is 6.34. The van der Waals surface area contributed by atoms with Crippen LogP contribution in [0.4, 0.5) is 0 Å². The molecule has 2 aromatic heterocycles. The quantitative estimate of drug-likeness (QED) is 0.639. The van der Waals surface area contributed by atoms with Crippen LogP contribution in [0.5, 0.6) is 0 Å². The summed E-state index contributed by atoms with van der Waals surface area (Å²) in [6.45, 7) is -0.421. The average molecular weight is 406 g/mol. The number of rotatable bonds is 8. The van der Waals surface area contributed by atoms with E-state index in [1.807, 2.05) is 12.3 Å². The molecule has 3 heterocycles. The SMILES string of the molecule is [2H]C([2H])([2H])OC([2H])([2H])c1ccsc1CNCC[C@@]1(c2ccccn2)CCOC2(CCCC2)C1. The number of nitrogens with zero attached hydrogens (tertiary/aromatic N) is 1. The number of nitrogens with one attached hydrogen (secondary N) is 1. The van der Waals surface area contributed by atoms with Crippen molar-refractivity contribution < 1.29 is 16.3 Å². The average Bonchev–Trinajstić information content (AvgIpc) is 3.40. The molecule has 1 saturated heterocycles. The third kappa shape index (κ3) is 4.33. The largest absolute Gasteiger partial charge is 0.380 e. The molecule has 1 spiro atoms. The van der Waals surface area contributed by atoms with Gasteiger partial charge in [-0.25, -0.2) is 0 Å². The standard InChI is InChI=1S/C23H32N2O2S/c1-26-17-19-7-15-28-20(19)16-24-13-10-22(21-6-2-5-12-25-21)11-14-27-23(18-22)8-3-4-9-23/h2,5-7,12,15,24H,3-4,8-11,13-14,16-18H2,1H3/t22-/m1/s1/i1D3,17D2. The fraction of sp³-hybridized carbons (Fsp3) is 0.609. The third-order valence-corrected chi connectivity index (χ3v) is 7.27. The predicted molar refractivity (Wildman–Crippen MR) is 114 cm³/mol. The Labute approximate surface area is 179 Å². The Hall–Kier alpha value is -1.27. The monoisotopic (exact) mass is 405 g/mol. The van der Waals surface area contributed by atoms with E-state index in [2.05, 4.69) is 17.4 Å². The van der Waals surface area contributed by atoms with E-state index in [0.717, 1.165) is 55.8 Å². The Morgan fingerprint density at radius 3 is 3.07 bits per heavy atom. The van der Waals surface area contributed by atoms with Crippen molar-refractivity contribution in [2.45, 2.75) is 69.1 Å². The van der Waals surface area contributed by atoms with Crippen LogP contribution in [0.2, 0.25) is 0 Å². The summed E-state index contributed by atoms with van der Waals surface area (Å²) in [5.74, 6) is 0. The first-order chi connectivity index (χ1) is 15.6. The molecule has 4 nitrogen and oxygen atoms in total. The first kappa shape index (κ1) is 14.7.